The summed E-state index contributed by atoms with van der Waals surface area (Å²) in [5.41, 5.74) is 0.785. The van der Waals surface area contributed by atoms with Crippen LogP contribution < -0.4 is 0 Å². The van der Waals surface area contributed by atoms with Gasteiger partial charge in [0.1, 0.15) is 12.2 Å². The summed E-state index contributed by atoms with van der Waals surface area (Å²) in [5, 5.41) is 9.92. The molecule has 1 saturated heterocycles. The van der Waals surface area contributed by atoms with Gasteiger partial charge in [0.2, 0.25) is 0 Å². The first kappa shape index (κ1) is 23.1. The molecule has 1 aliphatic heterocycles. The number of rotatable bonds is 6. The van der Waals surface area contributed by atoms with Gasteiger partial charge in [-0.2, -0.15) is 0 Å². The maximum Gasteiger partial charge on any atom is 0.311 e. The quantitative estimate of drug-likeness (QED) is 0.639. The number of esters is 2. The number of cyclic esters (lactones) is 1. The molecule has 3 rings (SSSR count). The Morgan fingerprint density at radius 2 is 2.00 bits per heavy atom. The molecule has 0 aromatic heterocycles. The number of aliphatic hydroxyl groups is 1. The van der Waals surface area contributed by atoms with Gasteiger partial charge in [-0.25, -0.2) is 0 Å². The molecule has 1 heterocycles. The lowest BCUT2D eigenvalue weighted by Gasteiger charge is -2.44. The zero-order valence-corrected chi connectivity index (χ0v) is 19.1. The number of carbonyl (C=O) groups is 2. The minimum absolute atomic E-state index is 0.0949. The van der Waals surface area contributed by atoms with Crippen molar-refractivity contribution >= 4 is 11.9 Å². The summed E-state index contributed by atoms with van der Waals surface area (Å²) in [4.78, 5) is 24.6. The van der Waals surface area contributed by atoms with Crippen molar-refractivity contribution in [1.82, 2.24) is 0 Å². The van der Waals surface area contributed by atoms with E-state index in [9.17, 15) is 14.7 Å². The first-order valence-corrected chi connectivity index (χ1v) is 11.6. The van der Waals surface area contributed by atoms with Crippen LogP contribution in [-0.4, -0.2) is 35.4 Å². The Hall–Kier alpha value is -1.62. The molecule has 1 fully saturated rings. The van der Waals surface area contributed by atoms with Gasteiger partial charge in [0, 0.05) is 12.3 Å². The lowest BCUT2D eigenvalue weighted by molar-refractivity contribution is -0.166. The Kier molecular flexibility index (Phi) is 7.11. The molecule has 3 aliphatic rings. The van der Waals surface area contributed by atoms with Crippen LogP contribution in [0.1, 0.15) is 73.1 Å². The lowest BCUT2D eigenvalue weighted by atomic mass is 9.65. The molecule has 5 heteroatoms. The monoisotopic (exact) mass is 418 g/mol. The van der Waals surface area contributed by atoms with E-state index in [-0.39, 0.29) is 36.5 Å². The molecule has 168 valence electrons. The van der Waals surface area contributed by atoms with Crippen LogP contribution >= 0.6 is 0 Å². The van der Waals surface area contributed by atoms with E-state index in [0.29, 0.717) is 24.2 Å². The van der Waals surface area contributed by atoms with Crippen LogP contribution in [0.15, 0.2) is 23.8 Å². The Bertz CT molecular complexity index is 706. The zero-order valence-electron chi connectivity index (χ0n) is 19.1. The van der Waals surface area contributed by atoms with Crippen molar-refractivity contribution in [2.24, 2.45) is 29.1 Å². The highest BCUT2D eigenvalue weighted by Crippen LogP contribution is 2.45. The summed E-state index contributed by atoms with van der Waals surface area (Å²) in [6.07, 6.45) is 9.61. The van der Waals surface area contributed by atoms with Crippen LogP contribution in [0.4, 0.5) is 0 Å². The van der Waals surface area contributed by atoms with E-state index in [4.69, 9.17) is 9.47 Å². The van der Waals surface area contributed by atoms with Gasteiger partial charge in [-0.1, -0.05) is 39.0 Å². The summed E-state index contributed by atoms with van der Waals surface area (Å²) in [7, 11) is 0. The highest BCUT2D eigenvalue weighted by Gasteiger charge is 2.43. The first-order chi connectivity index (χ1) is 14.1. The summed E-state index contributed by atoms with van der Waals surface area (Å²) in [5.74, 6) is 0.776. The van der Waals surface area contributed by atoms with E-state index < -0.39 is 11.5 Å². The molecular weight excluding hydrogens is 380 g/mol. The molecule has 0 saturated carbocycles. The largest absolute Gasteiger partial charge is 0.462 e. The fraction of sp³-hybridized carbons (Fsp3) is 0.760. The average molecular weight is 419 g/mol. The van der Waals surface area contributed by atoms with Crippen molar-refractivity contribution in [3.63, 3.8) is 0 Å². The standard InChI is InChI=1S/C25H38O5/c1-6-25(4,5)24(28)30-21-12-15(2)11-17-8-7-16(3)20(23(17)21)10-9-19-13-18(26)14-22(27)29-19/h7-8,11,15-16,18-21,23,26H,6,9-10,12-14H2,1-5H3/t15-,16+,18+,19-,20+,21-,23+/m1/s1. The number of hydrogen-bond donors (Lipinski definition) is 1. The summed E-state index contributed by atoms with van der Waals surface area (Å²) in [6.45, 7) is 10.3. The van der Waals surface area contributed by atoms with Gasteiger partial charge in [0.05, 0.1) is 17.9 Å². The van der Waals surface area contributed by atoms with E-state index in [1.807, 2.05) is 20.8 Å². The van der Waals surface area contributed by atoms with Gasteiger partial charge < -0.3 is 14.6 Å². The number of ether oxygens (including phenoxy) is 2. The van der Waals surface area contributed by atoms with Crippen molar-refractivity contribution in [1.29, 1.82) is 0 Å². The molecule has 0 bridgehead atoms. The first-order valence-electron chi connectivity index (χ1n) is 11.6. The van der Waals surface area contributed by atoms with E-state index >= 15 is 0 Å². The number of fused-ring (bicyclic) bond motifs is 1. The third-order valence-electron chi connectivity index (χ3n) is 7.35. The van der Waals surface area contributed by atoms with Gasteiger partial charge >= 0.3 is 11.9 Å². The fourth-order valence-corrected chi connectivity index (χ4v) is 5.08. The molecule has 30 heavy (non-hydrogen) atoms. The molecule has 0 aromatic rings. The van der Waals surface area contributed by atoms with Crippen LogP contribution in [0.25, 0.3) is 0 Å². The molecule has 0 unspecified atom stereocenters. The molecule has 0 spiro atoms. The minimum atomic E-state index is -0.601. The second kappa shape index (κ2) is 9.25. The lowest BCUT2D eigenvalue weighted by Crippen LogP contribution is -2.43. The topological polar surface area (TPSA) is 72.8 Å². The highest BCUT2D eigenvalue weighted by atomic mass is 16.6. The normalized spacial score (nSPS) is 36.5. The molecule has 1 N–H and O–H groups in total. The van der Waals surface area contributed by atoms with E-state index in [0.717, 1.165) is 25.7 Å². The summed E-state index contributed by atoms with van der Waals surface area (Å²) in [6, 6.07) is 0. The Balaban J connectivity index is 1.76. The van der Waals surface area contributed by atoms with Crippen LogP contribution in [0.3, 0.4) is 0 Å². The van der Waals surface area contributed by atoms with Crippen LogP contribution in [-0.2, 0) is 19.1 Å². The predicted octanol–water partition coefficient (Wildman–Crippen LogP) is 4.59. The van der Waals surface area contributed by atoms with Crippen LogP contribution in [0.2, 0.25) is 0 Å². The van der Waals surface area contributed by atoms with Gasteiger partial charge in [-0.15, -0.1) is 0 Å². The SMILES string of the molecule is CCC(C)(C)C(=O)O[C@@H]1C[C@H](C)C=C2C=C[C@H](C)[C@H](CC[C@@H]3C[C@H](O)CC(=O)O3)[C@H]21. The van der Waals surface area contributed by atoms with E-state index in [1.165, 1.54) is 5.57 Å². The number of hydrogen-bond acceptors (Lipinski definition) is 5. The second-order valence-corrected chi connectivity index (χ2v) is 10.3. The van der Waals surface area contributed by atoms with Crippen molar-refractivity contribution in [3.05, 3.63) is 23.8 Å². The van der Waals surface area contributed by atoms with Crippen LogP contribution in [0.5, 0.6) is 0 Å². The highest BCUT2D eigenvalue weighted by molar-refractivity contribution is 5.76. The second-order valence-electron chi connectivity index (χ2n) is 10.3. The Labute approximate surface area is 180 Å². The molecule has 0 aromatic carbocycles. The van der Waals surface area contributed by atoms with Gasteiger partial charge in [-0.05, 0) is 62.9 Å². The van der Waals surface area contributed by atoms with Gasteiger partial charge in [0.15, 0.2) is 0 Å². The third-order valence-corrected chi connectivity index (χ3v) is 7.35. The molecule has 2 aliphatic carbocycles. The zero-order chi connectivity index (χ0) is 22.1. The number of aliphatic hydroxyl groups excluding tert-OH is 1. The predicted molar refractivity (Wildman–Crippen MR) is 115 cm³/mol. The summed E-state index contributed by atoms with van der Waals surface area (Å²) >= 11 is 0. The molecule has 5 nitrogen and oxygen atoms in total. The maximum atomic E-state index is 12.9. The Morgan fingerprint density at radius 1 is 1.27 bits per heavy atom. The van der Waals surface area contributed by atoms with Crippen LogP contribution in [0, 0.1) is 29.1 Å². The maximum absolute atomic E-state index is 12.9. The molecular formula is C25H38O5. The minimum Gasteiger partial charge on any atom is -0.462 e. The third kappa shape index (κ3) is 5.16. The van der Waals surface area contributed by atoms with Gasteiger partial charge in [0.25, 0.3) is 0 Å². The number of allylic oxidation sites excluding steroid dienone is 3. The van der Waals surface area contributed by atoms with Crippen molar-refractivity contribution < 1.29 is 24.2 Å². The summed E-state index contributed by atoms with van der Waals surface area (Å²) < 4.78 is 11.6. The van der Waals surface area contributed by atoms with E-state index in [1.54, 1.807) is 0 Å². The van der Waals surface area contributed by atoms with Crippen molar-refractivity contribution in [2.45, 2.75) is 91.5 Å². The van der Waals surface area contributed by atoms with Crippen molar-refractivity contribution in [3.8, 4) is 0 Å². The van der Waals surface area contributed by atoms with Crippen molar-refractivity contribution in [2.75, 3.05) is 0 Å². The van der Waals surface area contributed by atoms with E-state index in [2.05, 4.69) is 32.1 Å². The van der Waals surface area contributed by atoms with Gasteiger partial charge in [-0.3, -0.25) is 9.59 Å². The number of carbonyl (C=O) groups excluding carboxylic acids is 2. The molecule has 0 radical (unpaired) electrons. The Morgan fingerprint density at radius 3 is 2.67 bits per heavy atom. The molecule has 7 atom stereocenters. The molecule has 0 amide bonds. The average Bonchev–Trinajstić information content (AvgIpc) is 2.66. The smallest absolute Gasteiger partial charge is 0.311 e. The fourth-order valence-electron chi connectivity index (χ4n) is 5.08.